The molecule has 2 aromatic rings. The van der Waals surface area contributed by atoms with E-state index in [-0.39, 0.29) is 5.69 Å². The summed E-state index contributed by atoms with van der Waals surface area (Å²) in [6.45, 7) is 2.34. The normalized spacial score (nSPS) is 11.4. The highest BCUT2D eigenvalue weighted by Crippen LogP contribution is 2.16. The quantitative estimate of drug-likeness (QED) is 0.826. The van der Waals surface area contributed by atoms with Crippen molar-refractivity contribution in [2.24, 2.45) is 0 Å². The van der Waals surface area contributed by atoms with Crippen LogP contribution in [0.4, 0.5) is 0 Å². The van der Waals surface area contributed by atoms with Gasteiger partial charge in [-0.3, -0.25) is 9.78 Å². The molecule has 6 nitrogen and oxygen atoms in total. The van der Waals surface area contributed by atoms with Crippen molar-refractivity contribution in [3.63, 3.8) is 0 Å². The Morgan fingerprint density at radius 1 is 1.22 bits per heavy atom. The van der Waals surface area contributed by atoms with E-state index in [2.05, 4.69) is 10.3 Å². The van der Waals surface area contributed by atoms with E-state index in [0.29, 0.717) is 17.9 Å². The van der Waals surface area contributed by atoms with Gasteiger partial charge < -0.3 is 14.8 Å². The average Bonchev–Trinajstić information content (AvgIpc) is 2.60. The molecule has 0 aliphatic heterocycles. The fraction of sp³-hybridized carbons (Fsp3) is 0.235. The molecule has 0 fully saturated rings. The Morgan fingerprint density at radius 2 is 1.96 bits per heavy atom. The van der Waals surface area contributed by atoms with Gasteiger partial charge in [0.15, 0.2) is 6.04 Å². The van der Waals surface area contributed by atoms with E-state index < -0.39 is 17.9 Å². The van der Waals surface area contributed by atoms with E-state index in [0.717, 1.165) is 0 Å². The zero-order valence-corrected chi connectivity index (χ0v) is 13.0. The number of benzene rings is 1. The molecule has 0 saturated heterocycles. The van der Waals surface area contributed by atoms with Gasteiger partial charge in [0, 0.05) is 12.3 Å². The summed E-state index contributed by atoms with van der Waals surface area (Å²) in [4.78, 5) is 28.3. The second kappa shape index (κ2) is 7.93. The van der Waals surface area contributed by atoms with Gasteiger partial charge in [0.2, 0.25) is 0 Å². The Labute approximate surface area is 134 Å². The summed E-state index contributed by atoms with van der Waals surface area (Å²) >= 11 is 0. The number of carbonyl (C=O) groups excluding carboxylic acids is 2. The fourth-order valence-electron chi connectivity index (χ4n) is 2.04. The monoisotopic (exact) mass is 314 g/mol. The number of hydrogen-bond acceptors (Lipinski definition) is 5. The van der Waals surface area contributed by atoms with Gasteiger partial charge in [-0.2, -0.15) is 0 Å². The number of hydrogen-bond donors (Lipinski definition) is 1. The molecule has 1 aromatic heterocycles. The van der Waals surface area contributed by atoms with Crippen LogP contribution in [0.2, 0.25) is 0 Å². The number of rotatable bonds is 6. The van der Waals surface area contributed by atoms with Crippen molar-refractivity contribution < 1.29 is 19.1 Å². The van der Waals surface area contributed by atoms with Crippen molar-refractivity contribution >= 4 is 11.9 Å². The van der Waals surface area contributed by atoms with Crippen LogP contribution >= 0.6 is 0 Å². The molecule has 1 heterocycles. The Bertz CT molecular complexity index is 673. The third-order valence-corrected chi connectivity index (χ3v) is 3.12. The second-order valence-electron chi connectivity index (χ2n) is 4.65. The van der Waals surface area contributed by atoms with Crippen molar-refractivity contribution in [3.05, 3.63) is 59.9 Å². The molecule has 1 unspecified atom stereocenters. The van der Waals surface area contributed by atoms with Gasteiger partial charge in [-0.1, -0.05) is 30.3 Å². The van der Waals surface area contributed by atoms with Crippen LogP contribution < -0.4 is 10.1 Å². The summed E-state index contributed by atoms with van der Waals surface area (Å²) in [6.07, 6.45) is 1.48. The second-order valence-corrected chi connectivity index (χ2v) is 4.65. The third kappa shape index (κ3) is 4.29. The molecule has 1 amide bonds. The molecular formula is C17H18N2O4. The molecule has 120 valence electrons. The zero-order chi connectivity index (χ0) is 16.7. The molecule has 1 N–H and O–H groups in total. The van der Waals surface area contributed by atoms with Gasteiger partial charge >= 0.3 is 5.97 Å². The standard InChI is InChI=1S/C17H18N2O4/c1-3-23-13-9-10-18-14(11-13)16(20)19-15(17(21)22-2)12-7-5-4-6-8-12/h4-11,15H,3H2,1-2H3,(H,19,20). The lowest BCUT2D eigenvalue weighted by molar-refractivity contribution is -0.143. The number of esters is 1. The number of pyridine rings is 1. The minimum absolute atomic E-state index is 0.167. The maximum Gasteiger partial charge on any atom is 0.333 e. The summed E-state index contributed by atoms with van der Waals surface area (Å²) in [5.41, 5.74) is 0.800. The van der Waals surface area contributed by atoms with Gasteiger partial charge in [0.1, 0.15) is 11.4 Å². The van der Waals surface area contributed by atoms with E-state index in [4.69, 9.17) is 9.47 Å². The molecule has 2 rings (SSSR count). The lowest BCUT2D eigenvalue weighted by Crippen LogP contribution is -2.35. The maximum absolute atomic E-state index is 12.4. The lowest BCUT2D eigenvalue weighted by Gasteiger charge is -2.16. The van der Waals surface area contributed by atoms with Crippen LogP contribution in [-0.2, 0) is 9.53 Å². The van der Waals surface area contributed by atoms with Crippen LogP contribution in [0.3, 0.4) is 0 Å². The third-order valence-electron chi connectivity index (χ3n) is 3.12. The van der Waals surface area contributed by atoms with E-state index in [1.54, 1.807) is 30.3 Å². The molecule has 0 aliphatic rings. The molecule has 0 aliphatic carbocycles. The predicted octanol–water partition coefficient (Wildman–Crippen LogP) is 2.12. The van der Waals surface area contributed by atoms with Crippen molar-refractivity contribution in [2.45, 2.75) is 13.0 Å². The SMILES string of the molecule is CCOc1ccnc(C(=O)NC(C(=O)OC)c2ccccc2)c1. The van der Waals surface area contributed by atoms with E-state index in [1.807, 2.05) is 13.0 Å². The molecule has 0 saturated carbocycles. The summed E-state index contributed by atoms with van der Waals surface area (Å²) < 4.78 is 10.1. The van der Waals surface area contributed by atoms with Crippen LogP contribution in [0, 0.1) is 0 Å². The van der Waals surface area contributed by atoms with Crippen LogP contribution in [0.15, 0.2) is 48.7 Å². The van der Waals surface area contributed by atoms with Gasteiger partial charge in [0.05, 0.1) is 13.7 Å². The Kier molecular flexibility index (Phi) is 5.68. The highest BCUT2D eigenvalue weighted by Gasteiger charge is 2.24. The van der Waals surface area contributed by atoms with Crippen LogP contribution in [0.5, 0.6) is 5.75 Å². The first-order chi connectivity index (χ1) is 11.2. The molecule has 0 bridgehead atoms. The van der Waals surface area contributed by atoms with Crippen molar-refractivity contribution in [1.82, 2.24) is 10.3 Å². The molecule has 23 heavy (non-hydrogen) atoms. The summed E-state index contributed by atoms with van der Waals surface area (Å²) in [6, 6.07) is 11.2. The fourth-order valence-corrected chi connectivity index (χ4v) is 2.04. The first kappa shape index (κ1) is 16.5. The molecule has 0 radical (unpaired) electrons. The number of nitrogens with zero attached hydrogens (tertiary/aromatic N) is 1. The minimum atomic E-state index is -0.897. The van der Waals surface area contributed by atoms with Crippen LogP contribution in [-0.4, -0.2) is 30.6 Å². The zero-order valence-electron chi connectivity index (χ0n) is 13.0. The molecule has 6 heteroatoms. The number of amides is 1. The Hall–Kier alpha value is -2.89. The van der Waals surface area contributed by atoms with Crippen LogP contribution in [0.1, 0.15) is 29.0 Å². The van der Waals surface area contributed by atoms with Gasteiger partial charge in [0.25, 0.3) is 5.91 Å². The first-order valence-electron chi connectivity index (χ1n) is 7.18. The van der Waals surface area contributed by atoms with Crippen molar-refractivity contribution in [3.8, 4) is 5.75 Å². The van der Waals surface area contributed by atoms with Gasteiger partial charge in [-0.05, 0) is 18.6 Å². The van der Waals surface area contributed by atoms with Crippen molar-refractivity contribution in [1.29, 1.82) is 0 Å². The Morgan fingerprint density at radius 3 is 2.61 bits per heavy atom. The maximum atomic E-state index is 12.4. The smallest absolute Gasteiger partial charge is 0.333 e. The topological polar surface area (TPSA) is 77.5 Å². The number of nitrogens with one attached hydrogen (secondary N) is 1. The molecular weight excluding hydrogens is 296 g/mol. The number of methoxy groups -OCH3 is 1. The Balaban J connectivity index is 2.21. The van der Waals surface area contributed by atoms with Crippen LogP contribution in [0.25, 0.3) is 0 Å². The largest absolute Gasteiger partial charge is 0.494 e. The highest BCUT2D eigenvalue weighted by atomic mass is 16.5. The van der Waals surface area contributed by atoms with E-state index in [9.17, 15) is 9.59 Å². The van der Waals surface area contributed by atoms with E-state index in [1.165, 1.54) is 19.4 Å². The minimum Gasteiger partial charge on any atom is -0.494 e. The molecule has 1 aromatic carbocycles. The summed E-state index contributed by atoms with van der Waals surface area (Å²) in [5.74, 6) is -0.488. The predicted molar refractivity (Wildman–Crippen MR) is 84.1 cm³/mol. The first-order valence-corrected chi connectivity index (χ1v) is 7.18. The number of aromatic nitrogens is 1. The van der Waals surface area contributed by atoms with Crippen molar-refractivity contribution in [2.75, 3.05) is 13.7 Å². The summed E-state index contributed by atoms with van der Waals surface area (Å²) in [5, 5.41) is 2.64. The van der Waals surface area contributed by atoms with Gasteiger partial charge in [-0.25, -0.2) is 4.79 Å². The highest BCUT2D eigenvalue weighted by molar-refractivity contribution is 5.95. The lowest BCUT2D eigenvalue weighted by atomic mass is 10.1. The number of ether oxygens (including phenoxy) is 2. The van der Waals surface area contributed by atoms with Gasteiger partial charge in [-0.15, -0.1) is 0 Å². The molecule has 0 spiro atoms. The average molecular weight is 314 g/mol. The molecule has 1 atom stereocenters. The summed E-state index contributed by atoms with van der Waals surface area (Å²) in [7, 11) is 1.28. The number of carbonyl (C=O) groups is 2. The van der Waals surface area contributed by atoms with E-state index >= 15 is 0 Å².